The van der Waals surface area contributed by atoms with Crippen LogP contribution in [0.5, 0.6) is 0 Å². The number of carboxylic acids is 3. The summed E-state index contributed by atoms with van der Waals surface area (Å²) in [5, 5.41) is 26.8. The molecule has 0 aliphatic rings. The first-order valence-electron chi connectivity index (χ1n) is 6.34. The zero-order valence-corrected chi connectivity index (χ0v) is 11.6. The van der Waals surface area contributed by atoms with Gasteiger partial charge in [0.15, 0.2) is 0 Å². The minimum atomic E-state index is -1.35. The van der Waals surface area contributed by atoms with Crippen LogP contribution in [0.4, 0.5) is 0 Å². The topological polar surface area (TPSA) is 112 Å². The van der Waals surface area contributed by atoms with Gasteiger partial charge in [-0.2, -0.15) is 0 Å². The van der Waals surface area contributed by atoms with Crippen LogP contribution in [0.15, 0.2) is 42.5 Å². The van der Waals surface area contributed by atoms with Crippen molar-refractivity contribution in [1.29, 1.82) is 0 Å². The molecule has 0 aliphatic heterocycles. The molecule has 2 aromatic carbocycles. The van der Waals surface area contributed by atoms with Crippen molar-refractivity contribution in [2.24, 2.45) is 0 Å². The lowest BCUT2D eigenvalue weighted by Crippen LogP contribution is -2.08. The molecule has 0 fully saturated rings. The SMILES string of the molecule is O=C(O)c1ccc(C#Cc2ccc(C(=O)O)c(C(=O)O)c2)cc1. The molecule has 0 aliphatic carbocycles. The second-order valence-corrected chi connectivity index (χ2v) is 4.50. The number of aromatic carboxylic acids is 3. The molecule has 6 nitrogen and oxygen atoms in total. The van der Waals surface area contributed by atoms with Gasteiger partial charge >= 0.3 is 17.9 Å². The van der Waals surface area contributed by atoms with Crippen LogP contribution in [-0.4, -0.2) is 33.2 Å². The quantitative estimate of drug-likeness (QED) is 0.749. The van der Waals surface area contributed by atoms with E-state index in [1.54, 1.807) is 0 Å². The standard InChI is InChI=1S/C17H10O6/c18-15(19)12-6-3-10(4-7-12)1-2-11-5-8-13(16(20)21)14(9-11)17(22)23/h3-9H,(H,18,19)(H,20,21)(H,22,23). The number of hydrogen-bond acceptors (Lipinski definition) is 3. The molecule has 23 heavy (non-hydrogen) atoms. The van der Waals surface area contributed by atoms with Crippen molar-refractivity contribution < 1.29 is 29.7 Å². The molecule has 114 valence electrons. The Hall–Kier alpha value is -3.59. The van der Waals surface area contributed by atoms with Crippen LogP contribution < -0.4 is 0 Å². The average molecular weight is 310 g/mol. The first kappa shape index (κ1) is 15.8. The highest BCUT2D eigenvalue weighted by molar-refractivity contribution is 6.02. The first-order chi connectivity index (χ1) is 10.9. The Morgan fingerprint density at radius 1 is 0.652 bits per heavy atom. The fourth-order valence-corrected chi connectivity index (χ4v) is 1.83. The van der Waals surface area contributed by atoms with Gasteiger partial charge in [0.1, 0.15) is 0 Å². The lowest BCUT2D eigenvalue weighted by molar-refractivity contribution is 0.0651. The second-order valence-electron chi connectivity index (χ2n) is 4.50. The monoisotopic (exact) mass is 310 g/mol. The van der Waals surface area contributed by atoms with Gasteiger partial charge in [-0.05, 0) is 42.5 Å². The van der Waals surface area contributed by atoms with E-state index in [4.69, 9.17) is 15.3 Å². The average Bonchev–Trinajstić information content (AvgIpc) is 2.52. The minimum absolute atomic E-state index is 0.134. The summed E-state index contributed by atoms with van der Waals surface area (Å²) < 4.78 is 0. The molecule has 2 rings (SSSR count). The maximum absolute atomic E-state index is 11.1. The van der Waals surface area contributed by atoms with E-state index in [0.29, 0.717) is 11.1 Å². The molecular weight excluding hydrogens is 300 g/mol. The van der Waals surface area contributed by atoms with Crippen molar-refractivity contribution in [1.82, 2.24) is 0 Å². The predicted molar refractivity (Wildman–Crippen MR) is 79.7 cm³/mol. The molecule has 0 bridgehead atoms. The lowest BCUT2D eigenvalue weighted by Gasteiger charge is -2.01. The van der Waals surface area contributed by atoms with E-state index in [1.165, 1.54) is 42.5 Å². The molecule has 0 heterocycles. The molecule has 2 aromatic rings. The number of carbonyl (C=O) groups is 3. The van der Waals surface area contributed by atoms with Crippen molar-refractivity contribution in [2.75, 3.05) is 0 Å². The molecule has 0 aromatic heterocycles. The molecule has 3 N–H and O–H groups in total. The van der Waals surface area contributed by atoms with Crippen molar-refractivity contribution in [3.63, 3.8) is 0 Å². The second kappa shape index (κ2) is 6.45. The number of hydrogen-bond donors (Lipinski definition) is 3. The van der Waals surface area contributed by atoms with E-state index in [-0.39, 0.29) is 16.7 Å². The summed E-state index contributed by atoms with van der Waals surface area (Å²) in [5.41, 5.74) is 0.373. The van der Waals surface area contributed by atoms with Gasteiger partial charge < -0.3 is 15.3 Å². The number of benzene rings is 2. The highest BCUT2D eigenvalue weighted by Gasteiger charge is 2.15. The summed E-state index contributed by atoms with van der Waals surface area (Å²) in [7, 11) is 0. The van der Waals surface area contributed by atoms with Crippen LogP contribution in [0.25, 0.3) is 0 Å². The molecule has 0 amide bonds. The number of carboxylic acid groups (broad SMARTS) is 3. The molecule has 6 heteroatoms. The zero-order valence-electron chi connectivity index (χ0n) is 11.6. The van der Waals surface area contributed by atoms with Gasteiger partial charge in [-0.1, -0.05) is 11.8 Å². The van der Waals surface area contributed by atoms with Gasteiger partial charge in [0.2, 0.25) is 0 Å². The summed E-state index contributed by atoms with van der Waals surface area (Å²) in [6.45, 7) is 0. The Balaban J connectivity index is 2.34. The van der Waals surface area contributed by atoms with E-state index < -0.39 is 17.9 Å². The first-order valence-corrected chi connectivity index (χ1v) is 6.34. The third-order valence-electron chi connectivity index (χ3n) is 2.96. The molecular formula is C17H10O6. The Morgan fingerprint density at radius 3 is 1.70 bits per heavy atom. The maximum atomic E-state index is 11.1. The molecule has 0 spiro atoms. The van der Waals surface area contributed by atoms with Gasteiger partial charge in [-0.25, -0.2) is 14.4 Å². The van der Waals surface area contributed by atoms with Gasteiger partial charge in [-0.3, -0.25) is 0 Å². The Labute approximate surface area is 130 Å². The Morgan fingerprint density at radius 2 is 1.17 bits per heavy atom. The van der Waals surface area contributed by atoms with Crippen molar-refractivity contribution >= 4 is 17.9 Å². The highest BCUT2D eigenvalue weighted by atomic mass is 16.4. The van der Waals surface area contributed by atoms with E-state index >= 15 is 0 Å². The largest absolute Gasteiger partial charge is 0.478 e. The van der Waals surface area contributed by atoms with Crippen LogP contribution in [0, 0.1) is 11.8 Å². The van der Waals surface area contributed by atoms with E-state index in [2.05, 4.69) is 11.8 Å². The fraction of sp³-hybridized carbons (Fsp3) is 0. The van der Waals surface area contributed by atoms with Crippen LogP contribution >= 0.6 is 0 Å². The van der Waals surface area contributed by atoms with Gasteiger partial charge in [-0.15, -0.1) is 0 Å². The van der Waals surface area contributed by atoms with Crippen LogP contribution in [-0.2, 0) is 0 Å². The van der Waals surface area contributed by atoms with Gasteiger partial charge in [0.25, 0.3) is 0 Å². The van der Waals surface area contributed by atoms with Crippen LogP contribution in [0.1, 0.15) is 42.2 Å². The molecule has 0 saturated carbocycles. The predicted octanol–water partition coefficient (Wildman–Crippen LogP) is 2.18. The molecule has 0 saturated heterocycles. The zero-order chi connectivity index (χ0) is 17.0. The van der Waals surface area contributed by atoms with Gasteiger partial charge in [0.05, 0.1) is 16.7 Å². The minimum Gasteiger partial charge on any atom is -0.478 e. The molecule has 0 atom stereocenters. The third kappa shape index (κ3) is 3.74. The summed E-state index contributed by atoms with van der Waals surface area (Å²) in [6, 6.07) is 9.65. The normalized spacial score (nSPS) is 9.57. The summed E-state index contributed by atoms with van der Waals surface area (Å²) in [5.74, 6) is 1.76. The summed E-state index contributed by atoms with van der Waals surface area (Å²) >= 11 is 0. The maximum Gasteiger partial charge on any atom is 0.336 e. The van der Waals surface area contributed by atoms with Crippen LogP contribution in [0.3, 0.4) is 0 Å². The van der Waals surface area contributed by atoms with Crippen molar-refractivity contribution in [3.8, 4) is 11.8 Å². The van der Waals surface area contributed by atoms with Crippen LogP contribution in [0.2, 0.25) is 0 Å². The fourth-order valence-electron chi connectivity index (χ4n) is 1.83. The highest BCUT2D eigenvalue weighted by Crippen LogP contribution is 2.12. The molecule has 0 unspecified atom stereocenters. The van der Waals surface area contributed by atoms with E-state index in [0.717, 1.165) is 0 Å². The van der Waals surface area contributed by atoms with Crippen molar-refractivity contribution in [3.05, 3.63) is 70.3 Å². The number of rotatable bonds is 3. The summed E-state index contributed by atoms with van der Waals surface area (Å²) in [6.07, 6.45) is 0. The summed E-state index contributed by atoms with van der Waals surface area (Å²) in [4.78, 5) is 32.8. The smallest absolute Gasteiger partial charge is 0.336 e. The van der Waals surface area contributed by atoms with Crippen molar-refractivity contribution in [2.45, 2.75) is 0 Å². The van der Waals surface area contributed by atoms with Gasteiger partial charge in [0, 0.05) is 11.1 Å². The third-order valence-corrected chi connectivity index (χ3v) is 2.96. The Bertz CT molecular complexity index is 853. The molecule has 0 radical (unpaired) electrons. The van der Waals surface area contributed by atoms with E-state index in [9.17, 15) is 14.4 Å². The lowest BCUT2D eigenvalue weighted by atomic mass is 10.0. The Kier molecular flexibility index (Phi) is 4.43. The van der Waals surface area contributed by atoms with E-state index in [1.807, 2.05) is 0 Å².